The Morgan fingerprint density at radius 1 is 1.31 bits per heavy atom. The average Bonchev–Trinajstić information content (AvgIpc) is 2.53. The smallest absolute Gasteiger partial charge is 0.187 e. The number of nitrogens with zero attached hydrogens (tertiary/aromatic N) is 1. The van der Waals surface area contributed by atoms with Crippen LogP contribution in [0, 0.1) is 0 Å². The molecule has 0 N–H and O–H groups in total. The van der Waals surface area contributed by atoms with Crippen molar-refractivity contribution in [2.45, 2.75) is 25.7 Å². The first-order chi connectivity index (χ1) is 7.77. The fourth-order valence-corrected chi connectivity index (χ4v) is 3.59. The Bertz CT molecular complexity index is 356. The lowest BCUT2D eigenvalue weighted by Gasteiger charge is -2.18. The maximum absolute atomic E-state index is 12.0. The van der Waals surface area contributed by atoms with E-state index in [0.29, 0.717) is 6.54 Å². The summed E-state index contributed by atoms with van der Waals surface area (Å²) in [6.07, 6.45) is 5.10. The van der Waals surface area contributed by atoms with Gasteiger partial charge in [-0.2, -0.15) is 0 Å². The summed E-state index contributed by atoms with van der Waals surface area (Å²) in [5.74, 6) is 0.253. The molecule has 0 saturated carbocycles. The van der Waals surface area contributed by atoms with Crippen LogP contribution in [0.2, 0.25) is 0 Å². The molecule has 88 valence electrons. The van der Waals surface area contributed by atoms with Crippen molar-refractivity contribution >= 4 is 33.0 Å². The Kier molecular flexibility index (Phi) is 4.55. The van der Waals surface area contributed by atoms with Crippen LogP contribution in [0.25, 0.3) is 0 Å². The highest BCUT2D eigenvalue weighted by molar-refractivity contribution is 9.10. The van der Waals surface area contributed by atoms with E-state index in [0.717, 1.165) is 22.4 Å². The van der Waals surface area contributed by atoms with Crippen LogP contribution in [0.5, 0.6) is 0 Å². The Balaban J connectivity index is 1.93. The molecule has 1 aromatic heterocycles. The number of hydrogen-bond donors (Lipinski definition) is 0. The van der Waals surface area contributed by atoms with Crippen LogP contribution < -0.4 is 0 Å². The summed E-state index contributed by atoms with van der Waals surface area (Å²) >= 11 is 4.95. The third kappa shape index (κ3) is 3.15. The van der Waals surface area contributed by atoms with Crippen LogP contribution in [0.15, 0.2) is 15.9 Å². The second kappa shape index (κ2) is 5.94. The van der Waals surface area contributed by atoms with E-state index in [-0.39, 0.29) is 5.78 Å². The Labute approximate surface area is 109 Å². The molecule has 1 aliphatic heterocycles. The number of hydrogen-bond acceptors (Lipinski definition) is 3. The molecule has 16 heavy (non-hydrogen) atoms. The summed E-state index contributed by atoms with van der Waals surface area (Å²) in [5.41, 5.74) is 0. The fourth-order valence-electron chi connectivity index (χ4n) is 2.06. The van der Waals surface area contributed by atoms with E-state index >= 15 is 0 Å². The highest BCUT2D eigenvalue weighted by Gasteiger charge is 2.16. The van der Waals surface area contributed by atoms with E-state index in [1.807, 2.05) is 11.4 Å². The largest absolute Gasteiger partial charge is 0.296 e. The molecule has 1 saturated heterocycles. The average molecular weight is 302 g/mol. The number of carbonyl (C=O) groups is 1. The van der Waals surface area contributed by atoms with Gasteiger partial charge in [-0.3, -0.25) is 9.69 Å². The molecule has 0 bridgehead atoms. The quantitative estimate of drug-likeness (QED) is 0.796. The van der Waals surface area contributed by atoms with Crippen LogP contribution in [0.1, 0.15) is 35.4 Å². The van der Waals surface area contributed by atoms with Gasteiger partial charge in [-0.1, -0.05) is 12.8 Å². The highest BCUT2D eigenvalue weighted by atomic mass is 79.9. The van der Waals surface area contributed by atoms with Crippen molar-refractivity contribution < 1.29 is 4.79 Å². The first-order valence-corrected chi connectivity index (χ1v) is 7.43. The van der Waals surface area contributed by atoms with Crippen LogP contribution in [0.4, 0.5) is 0 Å². The van der Waals surface area contributed by atoms with Crippen molar-refractivity contribution in [3.63, 3.8) is 0 Å². The van der Waals surface area contributed by atoms with Gasteiger partial charge in [0.05, 0.1) is 11.4 Å². The minimum absolute atomic E-state index is 0.253. The number of rotatable bonds is 3. The monoisotopic (exact) mass is 301 g/mol. The zero-order chi connectivity index (χ0) is 11.4. The van der Waals surface area contributed by atoms with Crippen LogP contribution >= 0.6 is 27.3 Å². The van der Waals surface area contributed by atoms with Crippen molar-refractivity contribution in [2.24, 2.45) is 0 Å². The van der Waals surface area contributed by atoms with E-state index in [4.69, 9.17) is 0 Å². The molecule has 0 aromatic carbocycles. The van der Waals surface area contributed by atoms with Gasteiger partial charge in [0.2, 0.25) is 0 Å². The van der Waals surface area contributed by atoms with Gasteiger partial charge in [0.1, 0.15) is 0 Å². The molecule has 0 spiro atoms. The summed E-state index contributed by atoms with van der Waals surface area (Å²) < 4.78 is 0.942. The number of thiophene rings is 1. The lowest BCUT2D eigenvalue weighted by Crippen LogP contribution is -2.30. The first-order valence-electron chi connectivity index (χ1n) is 5.76. The fraction of sp³-hybridized carbons (Fsp3) is 0.583. The Morgan fingerprint density at radius 3 is 2.56 bits per heavy atom. The first kappa shape index (κ1) is 12.3. The van der Waals surface area contributed by atoms with Crippen molar-refractivity contribution in [3.8, 4) is 0 Å². The number of Topliss-reactive ketones (excluding diaryl/α,β-unsaturated/α-hetero) is 1. The van der Waals surface area contributed by atoms with E-state index in [1.165, 1.54) is 37.0 Å². The molecule has 2 heterocycles. The van der Waals surface area contributed by atoms with Crippen LogP contribution in [-0.2, 0) is 0 Å². The SMILES string of the molecule is O=C(CN1CCCCCC1)c1sccc1Br. The van der Waals surface area contributed by atoms with Crippen molar-refractivity contribution in [1.82, 2.24) is 4.90 Å². The maximum Gasteiger partial charge on any atom is 0.187 e. The second-order valence-corrected chi connectivity index (χ2v) is 5.98. The topological polar surface area (TPSA) is 20.3 Å². The van der Waals surface area contributed by atoms with Gasteiger partial charge in [-0.05, 0) is 53.3 Å². The van der Waals surface area contributed by atoms with Gasteiger partial charge >= 0.3 is 0 Å². The lowest BCUT2D eigenvalue weighted by atomic mass is 10.2. The van der Waals surface area contributed by atoms with Gasteiger partial charge in [0.15, 0.2) is 5.78 Å². The summed E-state index contributed by atoms with van der Waals surface area (Å²) in [4.78, 5) is 15.2. The molecule has 0 radical (unpaired) electrons. The highest BCUT2D eigenvalue weighted by Crippen LogP contribution is 2.23. The van der Waals surface area contributed by atoms with Crippen molar-refractivity contribution in [3.05, 3.63) is 20.8 Å². The molecule has 0 aliphatic carbocycles. The molecule has 2 rings (SSSR count). The van der Waals surface area contributed by atoms with Gasteiger partial charge in [-0.25, -0.2) is 0 Å². The standard InChI is InChI=1S/C12H16BrNOS/c13-10-5-8-16-12(10)11(15)9-14-6-3-1-2-4-7-14/h5,8H,1-4,6-7,9H2. The van der Waals surface area contributed by atoms with E-state index < -0.39 is 0 Å². The summed E-state index contributed by atoms with van der Waals surface area (Å²) in [5, 5.41) is 1.96. The van der Waals surface area contributed by atoms with Crippen LogP contribution in [0.3, 0.4) is 0 Å². The molecule has 1 aliphatic rings. The predicted octanol–water partition coefficient (Wildman–Crippen LogP) is 3.57. The minimum Gasteiger partial charge on any atom is -0.296 e. The maximum atomic E-state index is 12.0. The van der Waals surface area contributed by atoms with Crippen LogP contribution in [-0.4, -0.2) is 30.3 Å². The molecule has 4 heteroatoms. The van der Waals surface area contributed by atoms with Crippen molar-refractivity contribution in [1.29, 1.82) is 0 Å². The van der Waals surface area contributed by atoms with E-state index in [2.05, 4.69) is 20.8 Å². The molecular formula is C12H16BrNOS. The molecule has 2 nitrogen and oxygen atoms in total. The summed E-state index contributed by atoms with van der Waals surface area (Å²) in [7, 11) is 0. The zero-order valence-corrected chi connectivity index (χ0v) is 11.6. The molecule has 1 aromatic rings. The molecular weight excluding hydrogens is 286 g/mol. The molecule has 0 amide bonds. The third-order valence-electron chi connectivity index (χ3n) is 2.94. The summed E-state index contributed by atoms with van der Waals surface area (Å²) in [6.45, 7) is 2.74. The van der Waals surface area contributed by atoms with E-state index in [1.54, 1.807) is 0 Å². The normalized spacial score (nSPS) is 18.3. The number of halogens is 1. The molecule has 1 fully saturated rings. The zero-order valence-electron chi connectivity index (χ0n) is 9.25. The van der Waals surface area contributed by atoms with Gasteiger partial charge < -0.3 is 0 Å². The lowest BCUT2D eigenvalue weighted by molar-refractivity contribution is 0.0936. The number of ketones is 1. The predicted molar refractivity (Wildman–Crippen MR) is 71.3 cm³/mol. The van der Waals surface area contributed by atoms with E-state index in [9.17, 15) is 4.79 Å². The second-order valence-electron chi connectivity index (χ2n) is 4.21. The Hall–Kier alpha value is -0.190. The third-order valence-corrected chi connectivity index (χ3v) is 4.82. The van der Waals surface area contributed by atoms with Gasteiger partial charge in [0, 0.05) is 4.47 Å². The van der Waals surface area contributed by atoms with Gasteiger partial charge in [0.25, 0.3) is 0 Å². The minimum atomic E-state index is 0.253. The number of likely N-dealkylation sites (tertiary alicyclic amines) is 1. The van der Waals surface area contributed by atoms with Gasteiger partial charge in [-0.15, -0.1) is 11.3 Å². The summed E-state index contributed by atoms with van der Waals surface area (Å²) in [6, 6.07) is 1.94. The van der Waals surface area contributed by atoms with Crippen molar-refractivity contribution in [2.75, 3.05) is 19.6 Å². The molecule has 0 atom stereocenters. The number of carbonyl (C=O) groups excluding carboxylic acids is 1. The molecule has 0 unspecified atom stereocenters. The Morgan fingerprint density at radius 2 is 2.00 bits per heavy atom.